The first-order valence-corrected chi connectivity index (χ1v) is 6.55. The number of anilines is 1. The van der Waals surface area contributed by atoms with Gasteiger partial charge in [0.1, 0.15) is 16.6 Å². The Morgan fingerprint density at radius 2 is 2.00 bits per heavy atom. The van der Waals surface area contributed by atoms with Crippen molar-refractivity contribution in [2.75, 3.05) is 12.4 Å². The van der Waals surface area contributed by atoms with Gasteiger partial charge in [-0.25, -0.2) is 4.98 Å². The first-order valence-electron chi connectivity index (χ1n) is 5.79. The van der Waals surface area contributed by atoms with E-state index in [1.807, 2.05) is 6.92 Å². The number of benzene rings is 1. The van der Waals surface area contributed by atoms with Gasteiger partial charge in [-0.2, -0.15) is 0 Å². The van der Waals surface area contributed by atoms with Crippen LogP contribution in [-0.2, 0) is 0 Å². The summed E-state index contributed by atoms with van der Waals surface area (Å²) < 4.78 is 5.16. The van der Waals surface area contributed by atoms with Gasteiger partial charge >= 0.3 is 0 Å². The molecule has 0 aliphatic rings. The number of methoxy groups -OCH3 is 1. The Bertz CT molecular complexity index is 660. The second-order valence-electron chi connectivity index (χ2n) is 4.10. The number of nitrogens with one attached hydrogen (secondary N) is 1. The minimum absolute atomic E-state index is 0.0904. The fourth-order valence-corrected chi connectivity index (χ4v) is 2.06. The summed E-state index contributed by atoms with van der Waals surface area (Å²) in [5.74, 6) is 0.337. The van der Waals surface area contributed by atoms with E-state index in [1.165, 1.54) is 12.1 Å². The van der Waals surface area contributed by atoms with Crippen LogP contribution in [0, 0.1) is 6.92 Å². The molecule has 1 N–H and O–H groups in total. The summed E-state index contributed by atoms with van der Waals surface area (Å²) in [4.78, 5) is 16.0. The molecular weight excluding hydrogens is 299 g/mol. The number of aromatic nitrogens is 1. The van der Waals surface area contributed by atoms with Gasteiger partial charge in [0.25, 0.3) is 5.91 Å². The Morgan fingerprint density at radius 1 is 1.25 bits per heavy atom. The molecule has 0 atom stereocenters. The normalized spacial score (nSPS) is 10.2. The number of rotatable bonds is 3. The highest BCUT2D eigenvalue weighted by molar-refractivity contribution is 6.35. The number of aryl methyl sites for hydroxylation is 1. The third-order valence-electron chi connectivity index (χ3n) is 2.68. The predicted molar refractivity (Wildman–Crippen MR) is 79.9 cm³/mol. The van der Waals surface area contributed by atoms with Crippen molar-refractivity contribution in [3.05, 3.63) is 51.8 Å². The van der Waals surface area contributed by atoms with E-state index in [1.54, 1.807) is 25.3 Å². The van der Waals surface area contributed by atoms with E-state index in [4.69, 9.17) is 27.9 Å². The van der Waals surface area contributed by atoms with Gasteiger partial charge in [0.15, 0.2) is 0 Å². The third kappa shape index (κ3) is 3.21. The molecule has 0 saturated carbocycles. The molecular formula is C14H12Cl2N2O2. The molecule has 20 heavy (non-hydrogen) atoms. The largest absolute Gasteiger partial charge is 0.496 e. The summed E-state index contributed by atoms with van der Waals surface area (Å²) in [5, 5.41) is 3.18. The molecule has 2 rings (SSSR count). The van der Waals surface area contributed by atoms with Crippen LogP contribution in [0.1, 0.15) is 16.1 Å². The van der Waals surface area contributed by atoms with E-state index in [9.17, 15) is 4.79 Å². The lowest BCUT2D eigenvalue weighted by Crippen LogP contribution is -2.14. The molecule has 0 aliphatic carbocycles. The zero-order valence-corrected chi connectivity index (χ0v) is 12.4. The van der Waals surface area contributed by atoms with Gasteiger partial charge < -0.3 is 10.1 Å². The zero-order valence-electron chi connectivity index (χ0n) is 10.9. The Morgan fingerprint density at radius 3 is 2.65 bits per heavy atom. The molecule has 0 saturated heterocycles. The lowest BCUT2D eigenvalue weighted by molar-refractivity contribution is 0.102. The third-order valence-corrected chi connectivity index (χ3v) is 3.20. The average Bonchev–Trinajstić information content (AvgIpc) is 2.41. The second-order valence-corrected chi connectivity index (χ2v) is 4.90. The van der Waals surface area contributed by atoms with Crippen LogP contribution in [0.3, 0.4) is 0 Å². The summed E-state index contributed by atoms with van der Waals surface area (Å²) >= 11 is 11.7. The molecule has 2 aromatic rings. The highest BCUT2D eigenvalue weighted by Gasteiger charge is 2.13. The van der Waals surface area contributed by atoms with Gasteiger partial charge in [-0.3, -0.25) is 4.79 Å². The number of nitrogens with zero attached hydrogens (tertiary/aromatic N) is 1. The first-order chi connectivity index (χ1) is 9.51. The highest BCUT2D eigenvalue weighted by Crippen LogP contribution is 2.23. The Hall–Kier alpha value is -1.78. The Balaban J connectivity index is 2.23. The number of amides is 1. The van der Waals surface area contributed by atoms with Crippen LogP contribution in [0.25, 0.3) is 0 Å². The smallest absolute Gasteiger partial charge is 0.275 e. The minimum Gasteiger partial charge on any atom is -0.496 e. The lowest BCUT2D eigenvalue weighted by Gasteiger charge is -2.09. The summed E-state index contributed by atoms with van der Waals surface area (Å²) in [6.45, 7) is 1.89. The van der Waals surface area contributed by atoms with Crippen molar-refractivity contribution in [3.8, 4) is 5.75 Å². The van der Waals surface area contributed by atoms with Gasteiger partial charge in [-0.1, -0.05) is 23.2 Å². The number of ether oxygens (including phenoxy) is 1. The quantitative estimate of drug-likeness (QED) is 0.873. The zero-order chi connectivity index (χ0) is 14.7. The monoisotopic (exact) mass is 310 g/mol. The molecule has 0 aliphatic heterocycles. The maximum Gasteiger partial charge on any atom is 0.275 e. The SMILES string of the molecule is COc1ccc(NC(=O)c2nc(Cl)ccc2Cl)cc1C. The van der Waals surface area contributed by atoms with E-state index >= 15 is 0 Å². The van der Waals surface area contributed by atoms with Crippen molar-refractivity contribution in [1.82, 2.24) is 4.98 Å². The molecule has 0 bridgehead atoms. The maximum absolute atomic E-state index is 12.1. The number of hydrogen-bond donors (Lipinski definition) is 1. The van der Waals surface area contributed by atoms with Crippen LogP contribution in [0.5, 0.6) is 5.75 Å². The highest BCUT2D eigenvalue weighted by atomic mass is 35.5. The molecule has 6 heteroatoms. The molecule has 1 heterocycles. The first kappa shape index (κ1) is 14.6. The average molecular weight is 311 g/mol. The van der Waals surface area contributed by atoms with Crippen LogP contribution in [0.2, 0.25) is 10.2 Å². The molecule has 4 nitrogen and oxygen atoms in total. The molecule has 0 fully saturated rings. The van der Waals surface area contributed by atoms with Crippen LogP contribution in [0.4, 0.5) is 5.69 Å². The maximum atomic E-state index is 12.1. The van der Waals surface area contributed by atoms with Gasteiger partial charge in [0.2, 0.25) is 0 Å². The Labute approximate surface area is 126 Å². The number of carbonyl (C=O) groups is 1. The van der Waals surface area contributed by atoms with E-state index < -0.39 is 5.91 Å². The van der Waals surface area contributed by atoms with Crippen molar-refractivity contribution in [2.45, 2.75) is 6.92 Å². The second kappa shape index (κ2) is 6.11. The van der Waals surface area contributed by atoms with Crippen LogP contribution in [0.15, 0.2) is 30.3 Å². The van der Waals surface area contributed by atoms with Crippen molar-refractivity contribution in [3.63, 3.8) is 0 Å². The van der Waals surface area contributed by atoms with Crippen LogP contribution >= 0.6 is 23.2 Å². The molecule has 0 spiro atoms. The van der Waals surface area contributed by atoms with Gasteiger partial charge in [-0.05, 0) is 42.8 Å². The standard InChI is InChI=1S/C14H12Cl2N2O2/c1-8-7-9(3-5-11(8)20-2)17-14(19)13-10(15)4-6-12(16)18-13/h3-7H,1-2H3,(H,17,19). The molecule has 1 amide bonds. The Kier molecular flexibility index (Phi) is 4.47. The fourth-order valence-electron chi connectivity index (χ4n) is 1.72. The van der Waals surface area contributed by atoms with Crippen LogP contribution in [-0.4, -0.2) is 18.0 Å². The number of hydrogen-bond acceptors (Lipinski definition) is 3. The summed E-state index contributed by atoms with van der Waals surface area (Å²) in [6.07, 6.45) is 0. The van der Waals surface area contributed by atoms with Gasteiger partial charge in [0, 0.05) is 5.69 Å². The molecule has 1 aromatic carbocycles. The van der Waals surface area contributed by atoms with E-state index in [0.717, 1.165) is 11.3 Å². The topological polar surface area (TPSA) is 51.2 Å². The van der Waals surface area contributed by atoms with Crippen molar-refractivity contribution in [2.24, 2.45) is 0 Å². The van der Waals surface area contributed by atoms with Gasteiger partial charge in [0.05, 0.1) is 12.1 Å². The van der Waals surface area contributed by atoms with E-state index in [-0.39, 0.29) is 15.9 Å². The lowest BCUT2D eigenvalue weighted by atomic mass is 10.2. The van der Waals surface area contributed by atoms with E-state index in [2.05, 4.69) is 10.3 Å². The van der Waals surface area contributed by atoms with Crippen LogP contribution < -0.4 is 10.1 Å². The summed E-state index contributed by atoms with van der Waals surface area (Å²) in [5.41, 5.74) is 1.63. The minimum atomic E-state index is -0.415. The van der Waals surface area contributed by atoms with Gasteiger partial charge in [-0.15, -0.1) is 0 Å². The number of halogens is 2. The summed E-state index contributed by atoms with van der Waals surface area (Å²) in [7, 11) is 1.59. The van der Waals surface area contributed by atoms with Crippen molar-refractivity contribution < 1.29 is 9.53 Å². The number of pyridine rings is 1. The molecule has 0 radical (unpaired) electrons. The predicted octanol–water partition coefficient (Wildman–Crippen LogP) is 3.96. The fraction of sp³-hybridized carbons (Fsp3) is 0.143. The van der Waals surface area contributed by atoms with Crippen molar-refractivity contribution >= 4 is 34.8 Å². The molecule has 104 valence electrons. The molecule has 1 aromatic heterocycles. The van der Waals surface area contributed by atoms with E-state index in [0.29, 0.717) is 5.69 Å². The number of carbonyl (C=O) groups excluding carboxylic acids is 1. The van der Waals surface area contributed by atoms with Crippen molar-refractivity contribution in [1.29, 1.82) is 0 Å². The summed E-state index contributed by atoms with van der Waals surface area (Å²) in [6, 6.07) is 8.37. The molecule has 0 unspecified atom stereocenters.